The normalized spacial score (nSPS) is 12.3. The van der Waals surface area contributed by atoms with Crippen LogP contribution in [-0.4, -0.2) is 45.8 Å². The largest absolute Gasteiger partial charge is 0.446 e. The molecule has 0 saturated carbocycles. The second-order valence-corrected chi connectivity index (χ2v) is 7.92. The van der Waals surface area contributed by atoms with Crippen LogP contribution in [0.4, 0.5) is 0 Å². The molecule has 8 heteroatoms. The Balaban J connectivity index is 2.07. The summed E-state index contributed by atoms with van der Waals surface area (Å²) < 4.78 is 31.9. The van der Waals surface area contributed by atoms with E-state index in [4.69, 9.17) is 4.74 Å². The molecule has 2 aromatic carbocycles. The third-order valence-corrected chi connectivity index (χ3v) is 5.17. The fourth-order valence-electron chi connectivity index (χ4n) is 2.25. The van der Waals surface area contributed by atoms with Gasteiger partial charge in [0.1, 0.15) is 6.54 Å². The van der Waals surface area contributed by atoms with Crippen molar-refractivity contribution in [1.82, 2.24) is 9.62 Å². The predicted octanol–water partition coefficient (Wildman–Crippen LogP) is 1.65. The molecule has 0 spiro atoms. The van der Waals surface area contributed by atoms with Gasteiger partial charge in [0.05, 0.1) is 4.90 Å². The van der Waals surface area contributed by atoms with Gasteiger partial charge in [-0.2, -0.15) is 4.72 Å². The highest BCUT2D eigenvalue weighted by atomic mass is 32.2. The second kappa shape index (κ2) is 8.79. The molecule has 144 valence electrons. The number of nitrogens with zero attached hydrogens (tertiary/aromatic N) is 1. The number of rotatable bonds is 7. The number of ether oxygens (including phenoxy) is 1. The number of nitrogens with one attached hydrogen (secondary N) is 1. The Labute approximate surface area is 159 Å². The molecule has 0 aliphatic rings. The van der Waals surface area contributed by atoms with Crippen LogP contribution in [0.5, 0.6) is 0 Å². The first-order chi connectivity index (χ1) is 12.7. The Morgan fingerprint density at radius 2 is 1.63 bits per heavy atom. The molecule has 0 saturated heterocycles. The van der Waals surface area contributed by atoms with E-state index in [2.05, 4.69) is 4.72 Å². The zero-order valence-electron chi connectivity index (χ0n) is 15.4. The molecule has 0 bridgehead atoms. The molecule has 0 heterocycles. The van der Waals surface area contributed by atoms with Crippen LogP contribution in [0, 0.1) is 6.92 Å². The summed E-state index contributed by atoms with van der Waals surface area (Å²) >= 11 is 0. The van der Waals surface area contributed by atoms with Gasteiger partial charge in [-0.05, 0) is 19.1 Å². The monoisotopic (exact) mass is 390 g/mol. The molecular formula is C19H22N2O5S. The molecular weight excluding hydrogens is 368 g/mol. The standard InChI is InChI=1S/C19H22N2O5S/c1-14-9-11-16(12-10-14)27(24,25)20-13-17(22)26-18(19(23)21(2)3)15-7-5-4-6-8-15/h4-12,18,20H,13H2,1-3H3/t18-/m0/s1. The SMILES string of the molecule is Cc1ccc(S(=O)(=O)NCC(=O)O[C@H](C(=O)N(C)C)c2ccccc2)cc1. The fourth-order valence-corrected chi connectivity index (χ4v) is 3.22. The van der Waals surface area contributed by atoms with E-state index in [1.54, 1.807) is 56.6 Å². The molecule has 1 N–H and O–H groups in total. The number of hydrogen-bond acceptors (Lipinski definition) is 5. The van der Waals surface area contributed by atoms with Crippen LogP contribution in [0.2, 0.25) is 0 Å². The number of carbonyl (C=O) groups is 2. The van der Waals surface area contributed by atoms with E-state index in [9.17, 15) is 18.0 Å². The zero-order chi connectivity index (χ0) is 20.0. The fraction of sp³-hybridized carbons (Fsp3) is 0.263. The molecule has 0 fully saturated rings. The van der Waals surface area contributed by atoms with Crippen molar-refractivity contribution in [3.63, 3.8) is 0 Å². The molecule has 0 aromatic heterocycles. The number of amides is 1. The van der Waals surface area contributed by atoms with E-state index in [0.29, 0.717) is 5.56 Å². The summed E-state index contributed by atoms with van der Waals surface area (Å²) in [4.78, 5) is 25.9. The highest BCUT2D eigenvalue weighted by molar-refractivity contribution is 7.89. The maximum absolute atomic E-state index is 12.3. The van der Waals surface area contributed by atoms with E-state index in [1.165, 1.54) is 17.0 Å². The van der Waals surface area contributed by atoms with E-state index in [0.717, 1.165) is 5.56 Å². The quantitative estimate of drug-likeness (QED) is 0.726. The van der Waals surface area contributed by atoms with Gasteiger partial charge < -0.3 is 9.64 Å². The molecule has 27 heavy (non-hydrogen) atoms. The van der Waals surface area contributed by atoms with Gasteiger partial charge in [-0.3, -0.25) is 9.59 Å². The Hall–Kier alpha value is -2.71. The first-order valence-corrected chi connectivity index (χ1v) is 9.71. The molecule has 1 atom stereocenters. The third kappa shape index (κ3) is 5.63. The molecule has 0 radical (unpaired) electrons. The number of likely N-dealkylation sites (N-methyl/N-ethyl adjacent to an activating group) is 1. The summed E-state index contributed by atoms with van der Waals surface area (Å²) in [7, 11) is -0.760. The average molecular weight is 390 g/mol. The van der Waals surface area contributed by atoms with E-state index in [1.807, 2.05) is 6.92 Å². The van der Waals surface area contributed by atoms with Crippen molar-refractivity contribution in [2.24, 2.45) is 0 Å². The van der Waals surface area contributed by atoms with Crippen LogP contribution in [-0.2, 0) is 24.3 Å². The number of aryl methyl sites for hydroxylation is 1. The second-order valence-electron chi connectivity index (χ2n) is 6.15. The van der Waals surface area contributed by atoms with Gasteiger partial charge >= 0.3 is 5.97 Å². The predicted molar refractivity (Wildman–Crippen MR) is 100 cm³/mol. The maximum atomic E-state index is 12.3. The Morgan fingerprint density at radius 3 is 2.19 bits per heavy atom. The van der Waals surface area contributed by atoms with Crippen LogP contribution in [0.1, 0.15) is 17.2 Å². The minimum Gasteiger partial charge on any atom is -0.446 e. The molecule has 0 unspecified atom stereocenters. The zero-order valence-corrected chi connectivity index (χ0v) is 16.2. The molecule has 0 aliphatic carbocycles. The number of benzene rings is 2. The van der Waals surface area contributed by atoms with Crippen LogP contribution in [0.25, 0.3) is 0 Å². The summed E-state index contributed by atoms with van der Waals surface area (Å²) in [6, 6.07) is 14.8. The van der Waals surface area contributed by atoms with Gasteiger partial charge in [-0.15, -0.1) is 0 Å². The van der Waals surface area contributed by atoms with Crippen molar-refractivity contribution >= 4 is 21.9 Å². The van der Waals surface area contributed by atoms with Crippen LogP contribution in [0.15, 0.2) is 59.5 Å². The minimum atomic E-state index is -3.86. The van der Waals surface area contributed by atoms with E-state index < -0.39 is 34.5 Å². The summed E-state index contributed by atoms with van der Waals surface area (Å²) in [5.74, 6) is -1.27. The lowest BCUT2D eigenvalue weighted by atomic mass is 10.1. The van der Waals surface area contributed by atoms with Crippen molar-refractivity contribution in [2.45, 2.75) is 17.9 Å². The third-order valence-electron chi connectivity index (χ3n) is 3.75. The molecule has 7 nitrogen and oxygen atoms in total. The molecule has 2 aromatic rings. The van der Waals surface area contributed by atoms with Crippen molar-refractivity contribution in [3.8, 4) is 0 Å². The van der Waals surface area contributed by atoms with Gasteiger partial charge in [0, 0.05) is 19.7 Å². The van der Waals surface area contributed by atoms with Crippen LogP contribution in [0.3, 0.4) is 0 Å². The average Bonchev–Trinajstić information content (AvgIpc) is 2.65. The van der Waals surface area contributed by atoms with Gasteiger partial charge in [0.2, 0.25) is 16.1 Å². The van der Waals surface area contributed by atoms with Crippen molar-refractivity contribution in [1.29, 1.82) is 0 Å². The van der Waals surface area contributed by atoms with Crippen molar-refractivity contribution in [2.75, 3.05) is 20.6 Å². The molecule has 0 aliphatic heterocycles. The first-order valence-electron chi connectivity index (χ1n) is 8.22. The van der Waals surface area contributed by atoms with Gasteiger partial charge in [-0.25, -0.2) is 8.42 Å². The Kier molecular flexibility index (Phi) is 6.70. The van der Waals surface area contributed by atoms with Gasteiger partial charge in [-0.1, -0.05) is 48.0 Å². The van der Waals surface area contributed by atoms with Gasteiger partial charge in [0.25, 0.3) is 5.91 Å². The van der Waals surface area contributed by atoms with Crippen molar-refractivity contribution in [3.05, 3.63) is 65.7 Å². The Morgan fingerprint density at radius 1 is 1.04 bits per heavy atom. The molecule has 2 rings (SSSR count). The smallest absolute Gasteiger partial charge is 0.322 e. The lowest BCUT2D eigenvalue weighted by molar-refractivity contribution is -0.158. The number of esters is 1. The minimum absolute atomic E-state index is 0.0462. The maximum Gasteiger partial charge on any atom is 0.322 e. The highest BCUT2D eigenvalue weighted by Gasteiger charge is 2.27. The lowest BCUT2D eigenvalue weighted by Crippen LogP contribution is -2.35. The van der Waals surface area contributed by atoms with Crippen LogP contribution < -0.4 is 4.72 Å². The lowest BCUT2D eigenvalue weighted by Gasteiger charge is -2.21. The van der Waals surface area contributed by atoms with Crippen molar-refractivity contribution < 1.29 is 22.7 Å². The number of hydrogen-bond donors (Lipinski definition) is 1. The first kappa shape index (κ1) is 20.6. The van der Waals surface area contributed by atoms with E-state index in [-0.39, 0.29) is 4.90 Å². The Bertz CT molecular complexity index is 893. The summed E-state index contributed by atoms with van der Waals surface area (Å²) in [5, 5.41) is 0. The number of sulfonamides is 1. The summed E-state index contributed by atoms with van der Waals surface area (Å²) in [6.07, 6.45) is -1.14. The number of carbonyl (C=O) groups excluding carboxylic acids is 2. The van der Waals surface area contributed by atoms with Crippen LogP contribution >= 0.6 is 0 Å². The topological polar surface area (TPSA) is 92.8 Å². The highest BCUT2D eigenvalue weighted by Crippen LogP contribution is 2.19. The van der Waals surface area contributed by atoms with Gasteiger partial charge in [0.15, 0.2) is 0 Å². The van der Waals surface area contributed by atoms with E-state index >= 15 is 0 Å². The summed E-state index contributed by atoms with van der Waals surface area (Å²) in [6.45, 7) is 1.26. The summed E-state index contributed by atoms with van der Waals surface area (Å²) in [5.41, 5.74) is 1.42. The molecule has 1 amide bonds.